The maximum Gasteiger partial charge on any atom is 0.274 e. The Bertz CT molecular complexity index is 860. The van der Waals surface area contributed by atoms with Gasteiger partial charge in [0.2, 0.25) is 6.79 Å². The molecule has 2 aliphatic heterocycles. The average Bonchev–Trinajstić information content (AvgIpc) is 2.99. The van der Waals surface area contributed by atoms with Crippen LogP contribution >= 0.6 is 0 Å². The molecule has 7 heteroatoms. The Kier molecular flexibility index (Phi) is 4.91. The van der Waals surface area contributed by atoms with Crippen molar-refractivity contribution in [2.45, 2.75) is 25.7 Å². The van der Waals surface area contributed by atoms with Gasteiger partial charge in [0.15, 0.2) is 11.5 Å². The van der Waals surface area contributed by atoms with Crippen molar-refractivity contribution in [1.29, 1.82) is 0 Å². The van der Waals surface area contributed by atoms with Gasteiger partial charge in [0, 0.05) is 36.6 Å². The second-order valence-electron chi connectivity index (χ2n) is 6.66. The molecule has 0 saturated carbocycles. The molecule has 0 unspecified atom stereocenters. The van der Waals surface area contributed by atoms with E-state index in [1.54, 1.807) is 30.3 Å². The molecular formula is C20H21N3O4. The minimum atomic E-state index is -0.376. The molecule has 1 aromatic carbocycles. The first-order valence-electron chi connectivity index (χ1n) is 9.17. The molecule has 2 aromatic rings. The number of benzene rings is 1. The summed E-state index contributed by atoms with van der Waals surface area (Å²) in [5, 5.41) is 2.78. The second-order valence-corrected chi connectivity index (χ2v) is 6.66. The van der Waals surface area contributed by atoms with E-state index in [2.05, 4.69) is 10.3 Å². The number of amides is 2. The molecule has 4 rings (SSSR count). The lowest BCUT2D eigenvalue weighted by Crippen LogP contribution is -2.32. The maximum absolute atomic E-state index is 12.7. The third kappa shape index (κ3) is 3.86. The first-order chi connectivity index (χ1) is 13.2. The van der Waals surface area contributed by atoms with Crippen molar-refractivity contribution in [3.63, 3.8) is 0 Å². The van der Waals surface area contributed by atoms with Crippen molar-refractivity contribution in [3.8, 4) is 11.5 Å². The average molecular weight is 367 g/mol. The number of ether oxygens (including phenoxy) is 2. The molecule has 0 radical (unpaired) electrons. The largest absolute Gasteiger partial charge is 0.454 e. The molecule has 7 nitrogen and oxygen atoms in total. The molecule has 1 fully saturated rings. The Hall–Kier alpha value is -3.09. The molecule has 0 aliphatic carbocycles. The number of nitrogens with zero attached hydrogens (tertiary/aromatic N) is 2. The molecular weight excluding hydrogens is 346 g/mol. The lowest BCUT2D eigenvalue weighted by atomic mass is 10.2. The zero-order valence-corrected chi connectivity index (χ0v) is 14.9. The molecule has 1 aromatic heterocycles. The summed E-state index contributed by atoms with van der Waals surface area (Å²) in [6.07, 6.45) is 5.86. The number of anilines is 1. The summed E-state index contributed by atoms with van der Waals surface area (Å²) >= 11 is 0. The number of hydrogen-bond donors (Lipinski definition) is 1. The van der Waals surface area contributed by atoms with E-state index in [9.17, 15) is 9.59 Å². The van der Waals surface area contributed by atoms with Crippen LogP contribution in [0.3, 0.4) is 0 Å². The van der Waals surface area contributed by atoms with Crippen LogP contribution in [0.5, 0.6) is 11.5 Å². The van der Waals surface area contributed by atoms with Crippen molar-refractivity contribution < 1.29 is 19.1 Å². The topological polar surface area (TPSA) is 80.8 Å². The standard InChI is InChI=1S/C20H21N3O4/c24-19(22-15-5-6-17-18(12-15)27-13-26-17)16-11-14(7-8-21-16)20(25)23-9-3-1-2-4-10-23/h5-8,11-12H,1-4,9-10,13H2,(H,22,24). The number of carbonyl (C=O) groups is 2. The fourth-order valence-corrected chi connectivity index (χ4v) is 3.31. The minimum Gasteiger partial charge on any atom is -0.454 e. The number of rotatable bonds is 3. The second kappa shape index (κ2) is 7.65. The van der Waals surface area contributed by atoms with Crippen molar-refractivity contribution >= 4 is 17.5 Å². The maximum atomic E-state index is 12.7. The Labute approximate surface area is 157 Å². The van der Waals surface area contributed by atoms with E-state index in [-0.39, 0.29) is 24.3 Å². The van der Waals surface area contributed by atoms with Crippen molar-refractivity contribution in [3.05, 3.63) is 47.8 Å². The Morgan fingerprint density at radius 1 is 0.963 bits per heavy atom. The van der Waals surface area contributed by atoms with Crippen LogP contribution in [-0.2, 0) is 0 Å². The highest BCUT2D eigenvalue weighted by molar-refractivity contribution is 6.04. The molecule has 1 saturated heterocycles. The lowest BCUT2D eigenvalue weighted by molar-refractivity contribution is 0.0761. The van der Waals surface area contributed by atoms with E-state index in [1.165, 1.54) is 6.20 Å². The van der Waals surface area contributed by atoms with Gasteiger partial charge in [0.1, 0.15) is 5.69 Å². The minimum absolute atomic E-state index is 0.0450. The van der Waals surface area contributed by atoms with Crippen molar-refractivity contribution in [2.24, 2.45) is 0 Å². The van der Waals surface area contributed by atoms with Gasteiger partial charge in [-0.15, -0.1) is 0 Å². The third-order valence-corrected chi connectivity index (χ3v) is 4.76. The quantitative estimate of drug-likeness (QED) is 0.902. The highest BCUT2D eigenvalue weighted by atomic mass is 16.7. The lowest BCUT2D eigenvalue weighted by Gasteiger charge is -2.20. The fraction of sp³-hybridized carbons (Fsp3) is 0.350. The zero-order chi connectivity index (χ0) is 18.6. The van der Waals surface area contributed by atoms with Gasteiger partial charge in [0.25, 0.3) is 11.8 Å². The van der Waals surface area contributed by atoms with E-state index in [0.29, 0.717) is 22.7 Å². The van der Waals surface area contributed by atoms with Crippen LogP contribution in [-0.4, -0.2) is 41.6 Å². The van der Waals surface area contributed by atoms with Gasteiger partial charge >= 0.3 is 0 Å². The zero-order valence-electron chi connectivity index (χ0n) is 14.9. The normalized spacial score (nSPS) is 15.9. The predicted molar refractivity (Wildman–Crippen MR) is 99.1 cm³/mol. The van der Waals surface area contributed by atoms with Crippen molar-refractivity contribution in [1.82, 2.24) is 9.88 Å². The number of fused-ring (bicyclic) bond motifs is 1. The summed E-state index contributed by atoms with van der Waals surface area (Å²) in [4.78, 5) is 31.3. The number of aromatic nitrogens is 1. The van der Waals surface area contributed by atoms with E-state index < -0.39 is 0 Å². The molecule has 27 heavy (non-hydrogen) atoms. The highest BCUT2D eigenvalue weighted by Crippen LogP contribution is 2.34. The van der Waals surface area contributed by atoms with E-state index in [4.69, 9.17) is 9.47 Å². The van der Waals surface area contributed by atoms with E-state index >= 15 is 0 Å². The SMILES string of the molecule is O=C(Nc1ccc2c(c1)OCO2)c1cc(C(=O)N2CCCCCC2)ccn1. The Morgan fingerprint density at radius 2 is 1.74 bits per heavy atom. The number of carbonyl (C=O) groups excluding carboxylic acids is 2. The number of nitrogens with one attached hydrogen (secondary N) is 1. The van der Waals surface area contributed by atoms with Crippen LogP contribution in [0.4, 0.5) is 5.69 Å². The van der Waals surface area contributed by atoms with Crippen LogP contribution in [0, 0.1) is 0 Å². The molecule has 2 amide bonds. The summed E-state index contributed by atoms with van der Waals surface area (Å²) < 4.78 is 10.6. The monoisotopic (exact) mass is 367 g/mol. The van der Waals surface area contributed by atoms with Crippen LogP contribution in [0.25, 0.3) is 0 Å². The van der Waals surface area contributed by atoms with Crippen LogP contribution < -0.4 is 14.8 Å². The van der Waals surface area contributed by atoms with Gasteiger partial charge in [-0.2, -0.15) is 0 Å². The highest BCUT2D eigenvalue weighted by Gasteiger charge is 2.20. The van der Waals surface area contributed by atoms with Gasteiger partial charge in [-0.1, -0.05) is 12.8 Å². The summed E-state index contributed by atoms with van der Waals surface area (Å²) in [7, 11) is 0. The number of hydrogen-bond acceptors (Lipinski definition) is 5. The first-order valence-corrected chi connectivity index (χ1v) is 9.17. The number of pyridine rings is 1. The molecule has 2 aliphatic rings. The summed E-state index contributed by atoms with van der Waals surface area (Å²) in [6, 6.07) is 8.38. The molecule has 1 N–H and O–H groups in total. The van der Waals surface area contributed by atoms with Crippen LogP contribution in [0.2, 0.25) is 0 Å². The summed E-state index contributed by atoms with van der Waals surface area (Å²) in [5.41, 5.74) is 1.27. The predicted octanol–water partition coefficient (Wildman–Crippen LogP) is 3.08. The third-order valence-electron chi connectivity index (χ3n) is 4.76. The number of likely N-dealkylation sites (tertiary alicyclic amines) is 1. The van der Waals surface area contributed by atoms with Crippen LogP contribution in [0.1, 0.15) is 46.5 Å². The summed E-state index contributed by atoms with van der Waals surface area (Å²) in [6.45, 7) is 1.70. The summed E-state index contributed by atoms with van der Waals surface area (Å²) in [5.74, 6) is 0.817. The molecule has 0 bridgehead atoms. The van der Waals surface area contributed by atoms with E-state index in [0.717, 1.165) is 38.8 Å². The first kappa shape index (κ1) is 17.3. The molecule has 0 atom stereocenters. The molecule has 3 heterocycles. The van der Waals surface area contributed by atoms with Gasteiger partial charge < -0.3 is 19.7 Å². The van der Waals surface area contributed by atoms with Gasteiger partial charge in [0.05, 0.1) is 0 Å². The Balaban J connectivity index is 1.48. The van der Waals surface area contributed by atoms with Crippen molar-refractivity contribution in [2.75, 3.05) is 25.2 Å². The van der Waals surface area contributed by atoms with Gasteiger partial charge in [-0.3, -0.25) is 14.6 Å². The van der Waals surface area contributed by atoms with Gasteiger partial charge in [-0.25, -0.2) is 0 Å². The van der Waals surface area contributed by atoms with Crippen LogP contribution in [0.15, 0.2) is 36.5 Å². The molecule has 140 valence electrons. The van der Waals surface area contributed by atoms with Gasteiger partial charge in [-0.05, 0) is 37.1 Å². The Morgan fingerprint density at radius 3 is 2.56 bits per heavy atom. The fourth-order valence-electron chi connectivity index (χ4n) is 3.31. The molecule has 0 spiro atoms. The smallest absolute Gasteiger partial charge is 0.274 e. The van der Waals surface area contributed by atoms with E-state index in [1.807, 2.05) is 4.90 Å².